The fourth-order valence-electron chi connectivity index (χ4n) is 3.93. The second-order valence-corrected chi connectivity index (χ2v) is 7.25. The van der Waals surface area contributed by atoms with E-state index in [4.69, 9.17) is 11.6 Å². The maximum atomic E-state index is 6.24. The van der Waals surface area contributed by atoms with E-state index in [2.05, 4.69) is 35.0 Å². The Bertz CT molecular complexity index is 448. The van der Waals surface area contributed by atoms with Gasteiger partial charge in [0, 0.05) is 37.7 Å². The largest absolute Gasteiger partial charge is 0.304 e. The zero-order valence-electron chi connectivity index (χ0n) is 13.1. The molecule has 1 atom stereocenters. The van der Waals surface area contributed by atoms with E-state index in [9.17, 15) is 0 Å². The Morgan fingerprint density at radius 3 is 2.52 bits per heavy atom. The van der Waals surface area contributed by atoms with Crippen LogP contribution in [-0.4, -0.2) is 49.6 Å². The predicted octanol–water partition coefficient (Wildman–Crippen LogP) is 3.86. The number of halogens is 1. The van der Waals surface area contributed by atoms with Crippen LogP contribution in [0.15, 0.2) is 24.3 Å². The quantitative estimate of drug-likeness (QED) is 0.833. The van der Waals surface area contributed by atoms with Gasteiger partial charge in [-0.15, -0.1) is 0 Å². The van der Waals surface area contributed by atoms with Gasteiger partial charge in [0.15, 0.2) is 0 Å². The van der Waals surface area contributed by atoms with Crippen molar-refractivity contribution in [3.05, 3.63) is 34.9 Å². The van der Waals surface area contributed by atoms with Gasteiger partial charge in [-0.05, 0) is 49.4 Å². The minimum absolute atomic E-state index is 0.662. The molecule has 1 aromatic rings. The summed E-state index contributed by atoms with van der Waals surface area (Å²) in [6.07, 6.45) is 5.60. The molecule has 3 rings (SSSR count). The molecule has 2 nitrogen and oxygen atoms in total. The molecule has 3 heteroatoms. The number of likely N-dealkylation sites (N-methyl/N-ethyl adjacent to an activating group) is 1. The van der Waals surface area contributed by atoms with Crippen molar-refractivity contribution in [2.45, 2.75) is 31.6 Å². The van der Waals surface area contributed by atoms with Crippen molar-refractivity contribution in [1.29, 1.82) is 0 Å². The lowest BCUT2D eigenvalue weighted by Gasteiger charge is -2.36. The molecule has 0 radical (unpaired) electrons. The Labute approximate surface area is 134 Å². The Morgan fingerprint density at radius 2 is 1.86 bits per heavy atom. The Hall–Kier alpha value is -0.570. The summed E-state index contributed by atoms with van der Waals surface area (Å²) in [6.45, 7) is 6.03. The highest BCUT2D eigenvalue weighted by Gasteiger charge is 2.29. The van der Waals surface area contributed by atoms with E-state index in [0.29, 0.717) is 5.92 Å². The Kier molecular flexibility index (Phi) is 5.20. The van der Waals surface area contributed by atoms with E-state index >= 15 is 0 Å². The lowest BCUT2D eigenvalue weighted by Crippen LogP contribution is -2.46. The predicted molar refractivity (Wildman–Crippen MR) is 90.1 cm³/mol. The fourth-order valence-corrected chi connectivity index (χ4v) is 4.13. The Balaban J connectivity index is 1.73. The van der Waals surface area contributed by atoms with Gasteiger partial charge in [-0.3, -0.25) is 0 Å². The molecule has 116 valence electrons. The zero-order chi connectivity index (χ0) is 14.7. The van der Waals surface area contributed by atoms with Crippen LogP contribution in [0.1, 0.15) is 37.2 Å². The monoisotopic (exact) mass is 306 g/mol. The summed E-state index contributed by atoms with van der Waals surface area (Å²) in [5.74, 6) is 1.51. The molecule has 1 saturated carbocycles. The highest BCUT2D eigenvalue weighted by atomic mass is 35.5. The van der Waals surface area contributed by atoms with Gasteiger partial charge in [-0.1, -0.05) is 36.6 Å². The van der Waals surface area contributed by atoms with Crippen LogP contribution in [0.4, 0.5) is 0 Å². The van der Waals surface area contributed by atoms with Crippen LogP contribution in [-0.2, 0) is 0 Å². The molecular formula is C18H27ClN2. The first-order chi connectivity index (χ1) is 10.2. The van der Waals surface area contributed by atoms with Crippen LogP contribution >= 0.6 is 11.6 Å². The number of rotatable bonds is 4. The van der Waals surface area contributed by atoms with E-state index in [0.717, 1.165) is 10.9 Å². The van der Waals surface area contributed by atoms with Gasteiger partial charge in [-0.25, -0.2) is 0 Å². The minimum Gasteiger partial charge on any atom is -0.304 e. The fraction of sp³-hybridized carbons (Fsp3) is 0.667. The van der Waals surface area contributed by atoms with E-state index in [1.165, 1.54) is 64.0 Å². The van der Waals surface area contributed by atoms with Crippen molar-refractivity contribution >= 4 is 11.6 Å². The lowest BCUT2D eigenvalue weighted by atomic mass is 9.84. The van der Waals surface area contributed by atoms with Crippen LogP contribution < -0.4 is 0 Å². The van der Waals surface area contributed by atoms with Gasteiger partial charge in [0.2, 0.25) is 0 Å². The van der Waals surface area contributed by atoms with Crippen LogP contribution in [0, 0.1) is 5.92 Å². The minimum atomic E-state index is 0.662. The molecule has 0 amide bonds. The summed E-state index contributed by atoms with van der Waals surface area (Å²) >= 11 is 6.24. The molecule has 21 heavy (non-hydrogen) atoms. The van der Waals surface area contributed by atoms with Crippen molar-refractivity contribution in [2.75, 3.05) is 39.8 Å². The number of benzene rings is 1. The third kappa shape index (κ3) is 4.00. The maximum absolute atomic E-state index is 6.24. The third-order valence-electron chi connectivity index (χ3n) is 5.30. The Morgan fingerprint density at radius 1 is 1.14 bits per heavy atom. The molecule has 0 aromatic heterocycles. The molecule has 2 aliphatic rings. The second-order valence-electron chi connectivity index (χ2n) is 6.81. The molecule has 0 bridgehead atoms. The first kappa shape index (κ1) is 15.3. The molecule has 0 N–H and O–H groups in total. The normalized spacial score (nSPS) is 23.5. The van der Waals surface area contributed by atoms with Gasteiger partial charge in [0.05, 0.1) is 0 Å². The third-order valence-corrected chi connectivity index (χ3v) is 5.53. The zero-order valence-corrected chi connectivity index (χ0v) is 13.9. The summed E-state index contributed by atoms with van der Waals surface area (Å²) in [7, 11) is 2.22. The van der Waals surface area contributed by atoms with Gasteiger partial charge in [-0.2, -0.15) is 0 Å². The molecule has 0 spiro atoms. The molecule has 2 fully saturated rings. The summed E-state index contributed by atoms with van der Waals surface area (Å²) < 4.78 is 0. The van der Waals surface area contributed by atoms with Crippen molar-refractivity contribution < 1.29 is 0 Å². The summed E-state index contributed by atoms with van der Waals surface area (Å²) in [4.78, 5) is 5.09. The smallest absolute Gasteiger partial charge is 0.0408 e. The van der Waals surface area contributed by atoms with Crippen LogP contribution in [0.25, 0.3) is 0 Å². The van der Waals surface area contributed by atoms with Crippen molar-refractivity contribution in [1.82, 2.24) is 9.80 Å². The lowest BCUT2D eigenvalue weighted by molar-refractivity contribution is 0.137. The number of hydrogen-bond acceptors (Lipinski definition) is 2. The number of nitrogens with zero attached hydrogens (tertiary/aromatic N) is 2. The topological polar surface area (TPSA) is 6.48 Å². The summed E-state index contributed by atoms with van der Waals surface area (Å²) in [5.41, 5.74) is 1.45. The molecule has 1 heterocycles. The van der Waals surface area contributed by atoms with Gasteiger partial charge in [0.25, 0.3) is 0 Å². The van der Waals surface area contributed by atoms with Crippen molar-refractivity contribution in [3.8, 4) is 0 Å². The first-order valence-electron chi connectivity index (χ1n) is 8.39. The van der Waals surface area contributed by atoms with Crippen molar-refractivity contribution in [3.63, 3.8) is 0 Å². The van der Waals surface area contributed by atoms with E-state index in [1.807, 2.05) is 6.07 Å². The number of piperazine rings is 1. The second kappa shape index (κ2) is 7.13. The summed E-state index contributed by atoms with van der Waals surface area (Å²) in [6, 6.07) is 8.59. The SMILES string of the molecule is CN1CCN(CC(c2cccc(Cl)c2)C2CCCC2)CC1. The molecule has 1 unspecified atom stereocenters. The van der Waals surface area contributed by atoms with E-state index < -0.39 is 0 Å². The molecule has 1 aliphatic carbocycles. The first-order valence-corrected chi connectivity index (χ1v) is 8.76. The van der Waals surface area contributed by atoms with Crippen LogP contribution in [0.2, 0.25) is 5.02 Å². The highest BCUT2D eigenvalue weighted by molar-refractivity contribution is 6.30. The standard InChI is InChI=1S/C18H27ClN2/c1-20-9-11-21(12-10-20)14-18(15-5-2-3-6-15)16-7-4-8-17(19)13-16/h4,7-8,13,15,18H,2-3,5-6,9-12,14H2,1H3. The van der Waals surface area contributed by atoms with Crippen LogP contribution in [0.5, 0.6) is 0 Å². The maximum Gasteiger partial charge on any atom is 0.0408 e. The van der Waals surface area contributed by atoms with Gasteiger partial charge < -0.3 is 9.80 Å². The number of hydrogen-bond donors (Lipinski definition) is 0. The van der Waals surface area contributed by atoms with Crippen LogP contribution in [0.3, 0.4) is 0 Å². The molecule has 1 aliphatic heterocycles. The van der Waals surface area contributed by atoms with Crippen molar-refractivity contribution in [2.24, 2.45) is 5.92 Å². The highest BCUT2D eigenvalue weighted by Crippen LogP contribution is 2.38. The molecule has 1 saturated heterocycles. The summed E-state index contributed by atoms with van der Waals surface area (Å²) in [5, 5.41) is 0.883. The van der Waals surface area contributed by atoms with E-state index in [-0.39, 0.29) is 0 Å². The van der Waals surface area contributed by atoms with Gasteiger partial charge >= 0.3 is 0 Å². The average Bonchev–Trinajstić information content (AvgIpc) is 3.00. The molecule has 1 aromatic carbocycles. The van der Waals surface area contributed by atoms with Gasteiger partial charge in [0.1, 0.15) is 0 Å². The average molecular weight is 307 g/mol. The molecular weight excluding hydrogens is 280 g/mol. The van der Waals surface area contributed by atoms with E-state index in [1.54, 1.807) is 0 Å².